The fourth-order valence-corrected chi connectivity index (χ4v) is 3.16. The van der Waals surface area contributed by atoms with Crippen LogP contribution in [-0.2, 0) is 21.3 Å². The zero-order valence-corrected chi connectivity index (χ0v) is 15.2. The second kappa shape index (κ2) is 8.02. The van der Waals surface area contributed by atoms with E-state index in [4.69, 9.17) is 9.47 Å². The normalized spacial score (nSPS) is 11.0. The highest BCUT2D eigenvalue weighted by Gasteiger charge is 2.18. The van der Waals surface area contributed by atoms with Crippen molar-refractivity contribution >= 4 is 21.7 Å². The minimum absolute atomic E-state index is 0.161. The molecule has 0 radical (unpaired) electrons. The lowest BCUT2D eigenvalue weighted by molar-refractivity contribution is 0.0526. The van der Waals surface area contributed by atoms with Gasteiger partial charge in [-0.2, -0.15) is 0 Å². The van der Waals surface area contributed by atoms with Gasteiger partial charge >= 0.3 is 5.97 Å². The molecule has 0 saturated heterocycles. The Morgan fingerprint density at radius 2 is 1.64 bits per heavy atom. The molecule has 0 atom stereocenters. The number of hydrogen-bond acceptors (Lipinski definition) is 5. The molecule has 6 nitrogen and oxygen atoms in total. The third-order valence-electron chi connectivity index (χ3n) is 3.55. The molecule has 0 N–H and O–H groups in total. The predicted molar refractivity (Wildman–Crippen MR) is 96.4 cm³/mol. The Bertz CT molecular complexity index is 814. The number of sulfonamides is 1. The summed E-state index contributed by atoms with van der Waals surface area (Å²) in [4.78, 5) is 11.7. The van der Waals surface area contributed by atoms with Crippen LogP contribution in [0.4, 0.5) is 5.69 Å². The van der Waals surface area contributed by atoms with Crippen molar-refractivity contribution in [1.29, 1.82) is 0 Å². The van der Waals surface area contributed by atoms with Crippen LogP contribution >= 0.6 is 0 Å². The van der Waals surface area contributed by atoms with Crippen molar-refractivity contribution in [3.63, 3.8) is 0 Å². The van der Waals surface area contributed by atoms with Gasteiger partial charge in [0.05, 0.1) is 37.8 Å². The third-order valence-corrected chi connectivity index (χ3v) is 4.69. The molecule has 0 unspecified atom stereocenters. The molecule has 0 aromatic heterocycles. The van der Waals surface area contributed by atoms with E-state index < -0.39 is 16.0 Å². The predicted octanol–water partition coefficient (Wildman–Crippen LogP) is 2.84. The number of hydrogen-bond donors (Lipinski definition) is 0. The molecule has 0 aliphatic heterocycles. The standard InChI is InChI=1S/C18H21NO5S/c1-4-24-18(20)15-7-5-14(6-8-15)13-19(25(3,21)22)16-9-11-17(23-2)12-10-16/h5-12H,4,13H2,1-3H3. The highest BCUT2D eigenvalue weighted by Crippen LogP contribution is 2.23. The molecule has 0 spiro atoms. The van der Waals surface area contributed by atoms with E-state index in [0.29, 0.717) is 23.6 Å². The summed E-state index contributed by atoms with van der Waals surface area (Å²) in [6.45, 7) is 2.21. The van der Waals surface area contributed by atoms with Gasteiger partial charge in [-0.1, -0.05) is 12.1 Å². The quantitative estimate of drug-likeness (QED) is 0.707. The second-order valence-electron chi connectivity index (χ2n) is 5.39. The van der Waals surface area contributed by atoms with Crippen LogP contribution in [0.1, 0.15) is 22.8 Å². The van der Waals surface area contributed by atoms with E-state index in [9.17, 15) is 13.2 Å². The van der Waals surface area contributed by atoms with Crippen molar-refractivity contribution in [2.24, 2.45) is 0 Å². The molecule has 0 amide bonds. The smallest absolute Gasteiger partial charge is 0.338 e. The summed E-state index contributed by atoms with van der Waals surface area (Å²) in [7, 11) is -1.92. The molecular formula is C18H21NO5S. The first-order chi connectivity index (χ1) is 11.8. The molecule has 134 valence electrons. The largest absolute Gasteiger partial charge is 0.497 e. The molecule has 0 bridgehead atoms. The molecule has 7 heteroatoms. The third kappa shape index (κ3) is 4.96. The van der Waals surface area contributed by atoms with Gasteiger partial charge in [0.25, 0.3) is 0 Å². The van der Waals surface area contributed by atoms with Gasteiger partial charge in [0.1, 0.15) is 5.75 Å². The first kappa shape index (κ1) is 18.8. The van der Waals surface area contributed by atoms with Crippen molar-refractivity contribution in [3.05, 3.63) is 59.7 Å². The van der Waals surface area contributed by atoms with E-state index in [-0.39, 0.29) is 6.54 Å². The van der Waals surface area contributed by atoms with Crippen LogP contribution < -0.4 is 9.04 Å². The lowest BCUT2D eigenvalue weighted by atomic mass is 10.1. The molecule has 0 heterocycles. The van der Waals surface area contributed by atoms with Crippen molar-refractivity contribution in [2.75, 3.05) is 24.3 Å². The molecule has 0 saturated carbocycles. The van der Waals surface area contributed by atoms with Gasteiger partial charge in [-0.15, -0.1) is 0 Å². The minimum Gasteiger partial charge on any atom is -0.497 e. The number of anilines is 1. The molecule has 0 fully saturated rings. The fourth-order valence-electron chi connectivity index (χ4n) is 2.27. The maximum Gasteiger partial charge on any atom is 0.338 e. The summed E-state index contributed by atoms with van der Waals surface area (Å²) in [5.41, 5.74) is 1.73. The zero-order chi connectivity index (χ0) is 18.4. The molecule has 0 aliphatic carbocycles. The van der Waals surface area contributed by atoms with Gasteiger partial charge in [-0.05, 0) is 48.9 Å². The van der Waals surface area contributed by atoms with Crippen LogP contribution in [0.2, 0.25) is 0 Å². The lowest BCUT2D eigenvalue weighted by Crippen LogP contribution is -2.29. The van der Waals surface area contributed by atoms with Gasteiger partial charge in [0.2, 0.25) is 10.0 Å². The number of ether oxygens (including phenoxy) is 2. The molecule has 0 aliphatic rings. The second-order valence-corrected chi connectivity index (χ2v) is 7.29. The van der Waals surface area contributed by atoms with Gasteiger partial charge < -0.3 is 9.47 Å². The highest BCUT2D eigenvalue weighted by molar-refractivity contribution is 7.92. The van der Waals surface area contributed by atoms with Crippen molar-refractivity contribution in [3.8, 4) is 5.75 Å². The Hall–Kier alpha value is -2.54. The molecule has 2 aromatic carbocycles. The van der Waals surface area contributed by atoms with Crippen LogP contribution in [0.5, 0.6) is 5.75 Å². The number of nitrogens with zero attached hydrogens (tertiary/aromatic N) is 1. The summed E-state index contributed by atoms with van der Waals surface area (Å²) in [5.74, 6) is 0.250. The number of rotatable bonds is 7. The van der Waals surface area contributed by atoms with Crippen LogP contribution in [-0.4, -0.2) is 34.4 Å². The molecule has 2 rings (SSSR count). The Labute approximate surface area is 148 Å². The fraction of sp³-hybridized carbons (Fsp3) is 0.278. The average molecular weight is 363 g/mol. The number of carbonyl (C=O) groups excluding carboxylic acids is 1. The van der Waals surface area contributed by atoms with Gasteiger partial charge in [-0.3, -0.25) is 4.31 Å². The van der Waals surface area contributed by atoms with Crippen molar-refractivity contribution in [2.45, 2.75) is 13.5 Å². The van der Waals surface area contributed by atoms with Crippen molar-refractivity contribution in [1.82, 2.24) is 0 Å². The number of esters is 1. The first-order valence-electron chi connectivity index (χ1n) is 7.73. The van der Waals surface area contributed by atoms with E-state index >= 15 is 0 Å². The van der Waals surface area contributed by atoms with Gasteiger partial charge in [0, 0.05) is 0 Å². The monoisotopic (exact) mass is 363 g/mol. The summed E-state index contributed by atoms with van der Waals surface area (Å²) in [5, 5.41) is 0. The summed E-state index contributed by atoms with van der Waals surface area (Å²) < 4.78 is 35.7. The first-order valence-corrected chi connectivity index (χ1v) is 9.57. The van der Waals surface area contributed by atoms with E-state index in [1.165, 1.54) is 4.31 Å². The van der Waals surface area contributed by atoms with E-state index in [1.807, 2.05) is 0 Å². The maximum absolute atomic E-state index is 12.2. The average Bonchev–Trinajstić information content (AvgIpc) is 2.59. The number of carbonyl (C=O) groups is 1. The SMILES string of the molecule is CCOC(=O)c1ccc(CN(c2ccc(OC)cc2)S(C)(=O)=O)cc1. The Morgan fingerprint density at radius 3 is 2.12 bits per heavy atom. The lowest BCUT2D eigenvalue weighted by Gasteiger charge is -2.22. The van der Waals surface area contributed by atoms with Gasteiger partial charge in [0.15, 0.2) is 0 Å². The van der Waals surface area contributed by atoms with E-state index in [1.54, 1.807) is 62.6 Å². The van der Waals surface area contributed by atoms with Crippen LogP contribution in [0.15, 0.2) is 48.5 Å². The topological polar surface area (TPSA) is 72.9 Å². The Balaban J connectivity index is 2.24. The number of methoxy groups -OCH3 is 1. The highest BCUT2D eigenvalue weighted by atomic mass is 32.2. The van der Waals surface area contributed by atoms with Crippen LogP contribution in [0, 0.1) is 0 Å². The number of benzene rings is 2. The summed E-state index contributed by atoms with van der Waals surface area (Å²) in [6, 6.07) is 13.5. The zero-order valence-electron chi connectivity index (χ0n) is 14.4. The molecule has 2 aromatic rings. The van der Waals surface area contributed by atoms with Crippen LogP contribution in [0.3, 0.4) is 0 Å². The Kier molecular flexibility index (Phi) is 6.03. The van der Waals surface area contributed by atoms with Crippen LogP contribution in [0.25, 0.3) is 0 Å². The summed E-state index contributed by atoms with van der Waals surface area (Å²) in [6.07, 6.45) is 1.16. The van der Waals surface area contributed by atoms with E-state index in [2.05, 4.69) is 0 Å². The summed E-state index contributed by atoms with van der Waals surface area (Å²) >= 11 is 0. The minimum atomic E-state index is -3.47. The van der Waals surface area contributed by atoms with Gasteiger partial charge in [-0.25, -0.2) is 13.2 Å². The maximum atomic E-state index is 12.2. The molecular weight excluding hydrogens is 342 g/mol. The van der Waals surface area contributed by atoms with Crippen molar-refractivity contribution < 1.29 is 22.7 Å². The Morgan fingerprint density at radius 1 is 1.04 bits per heavy atom. The molecule has 25 heavy (non-hydrogen) atoms. The van der Waals surface area contributed by atoms with E-state index in [0.717, 1.165) is 11.8 Å².